The number of carboxylic acid groups (broad SMARTS) is 1. The Hall–Kier alpha value is -1.59. The number of carbonyl (C=O) groups is 2. The van der Waals surface area contributed by atoms with Gasteiger partial charge in [-0.1, -0.05) is 29.3 Å². The maximum absolute atomic E-state index is 11.3. The predicted octanol–water partition coefficient (Wildman–Crippen LogP) is 3.57. The molecule has 19 heavy (non-hydrogen) atoms. The largest absolute Gasteiger partial charge is 0.481 e. The summed E-state index contributed by atoms with van der Waals surface area (Å²) in [4.78, 5) is 25.2. The number of aliphatic carboxylic acids is 1. The minimum Gasteiger partial charge on any atom is -0.481 e. The lowest BCUT2D eigenvalue weighted by atomic mass is 10.2. The first-order chi connectivity index (χ1) is 8.88. The monoisotopic (exact) mass is 303 g/mol. The van der Waals surface area contributed by atoms with Gasteiger partial charge in [0.1, 0.15) is 6.61 Å². The molecule has 1 rings (SSSR count). The normalized spacial score (nSPS) is 11.2. The lowest BCUT2D eigenvalue weighted by Gasteiger charge is -2.04. The SMILES string of the molecule is CC(CC(=O)O)=NC(=O)OCc1ccc(Cl)c(Cl)c1. The third-order valence-corrected chi connectivity index (χ3v) is 2.77. The Bertz CT molecular complexity index is 528. The first kappa shape index (κ1) is 15.5. The van der Waals surface area contributed by atoms with E-state index in [9.17, 15) is 9.59 Å². The third kappa shape index (κ3) is 5.72. The molecule has 5 nitrogen and oxygen atoms in total. The molecule has 0 bridgehead atoms. The highest BCUT2D eigenvalue weighted by Gasteiger charge is 2.06. The van der Waals surface area contributed by atoms with Crippen molar-refractivity contribution in [1.82, 2.24) is 0 Å². The second-order valence-electron chi connectivity index (χ2n) is 3.72. The summed E-state index contributed by atoms with van der Waals surface area (Å²) >= 11 is 11.5. The highest BCUT2D eigenvalue weighted by Crippen LogP contribution is 2.22. The summed E-state index contributed by atoms with van der Waals surface area (Å²) in [5.74, 6) is -1.06. The molecule has 1 aromatic carbocycles. The quantitative estimate of drug-likeness (QED) is 0.863. The smallest absolute Gasteiger partial charge is 0.433 e. The van der Waals surface area contributed by atoms with Crippen molar-refractivity contribution in [3.63, 3.8) is 0 Å². The summed E-state index contributed by atoms with van der Waals surface area (Å²) in [6.07, 6.45) is -1.15. The molecular formula is C12H11Cl2NO4. The van der Waals surface area contributed by atoms with Crippen molar-refractivity contribution in [1.29, 1.82) is 0 Å². The fraction of sp³-hybridized carbons (Fsp3) is 0.250. The van der Waals surface area contributed by atoms with E-state index in [1.54, 1.807) is 18.2 Å². The molecule has 0 saturated carbocycles. The molecule has 0 heterocycles. The minimum absolute atomic E-state index is 0.0143. The molecule has 0 spiro atoms. The fourth-order valence-electron chi connectivity index (χ4n) is 1.22. The Morgan fingerprint density at radius 3 is 2.58 bits per heavy atom. The zero-order chi connectivity index (χ0) is 14.4. The molecule has 0 aliphatic heterocycles. The van der Waals surface area contributed by atoms with E-state index in [2.05, 4.69) is 4.99 Å². The van der Waals surface area contributed by atoms with Crippen molar-refractivity contribution < 1.29 is 19.4 Å². The number of halogens is 2. The second-order valence-corrected chi connectivity index (χ2v) is 4.54. The number of carboxylic acids is 1. The van der Waals surface area contributed by atoms with Crippen LogP contribution in [0.4, 0.5) is 4.79 Å². The van der Waals surface area contributed by atoms with E-state index in [1.807, 2.05) is 0 Å². The fourth-order valence-corrected chi connectivity index (χ4v) is 1.54. The van der Waals surface area contributed by atoms with Crippen LogP contribution in [0.1, 0.15) is 18.9 Å². The molecule has 0 aliphatic carbocycles. The molecule has 0 atom stereocenters. The van der Waals surface area contributed by atoms with E-state index >= 15 is 0 Å². The van der Waals surface area contributed by atoms with Crippen LogP contribution in [0.2, 0.25) is 10.0 Å². The number of hydrogen-bond acceptors (Lipinski definition) is 3. The van der Waals surface area contributed by atoms with E-state index in [4.69, 9.17) is 33.0 Å². The number of aliphatic imine (C=N–C) groups is 1. The zero-order valence-corrected chi connectivity index (χ0v) is 11.5. The zero-order valence-electron chi connectivity index (χ0n) is 10.0. The topological polar surface area (TPSA) is 76.0 Å². The van der Waals surface area contributed by atoms with Gasteiger partial charge in [0.05, 0.1) is 16.5 Å². The first-order valence-corrected chi connectivity index (χ1v) is 6.00. The van der Waals surface area contributed by atoms with Crippen LogP contribution in [-0.2, 0) is 16.1 Å². The van der Waals surface area contributed by atoms with E-state index in [1.165, 1.54) is 6.92 Å². The molecule has 1 N–H and O–H groups in total. The molecule has 7 heteroatoms. The van der Waals surface area contributed by atoms with Crippen LogP contribution in [0.15, 0.2) is 23.2 Å². The van der Waals surface area contributed by atoms with E-state index in [0.29, 0.717) is 15.6 Å². The van der Waals surface area contributed by atoms with Gasteiger partial charge in [-0.25, -0.2) is 4.79 Å². The Kier molecular flexibility index (Phi) is 5.79. The van der Waals surface area contributed by atoms with Crippen LogP contribution in [0, 0.1) is 0 Å². The maximum atomic E-state index is 11.3. The molecule has 0 fully saturated rings. The van der Waals surface area contributed by atoms with Crippen LogP contribution in [0.25, 0.3) is 0 Å². The molecule has 1 amide bonds. The summed E-state index contributed by atoms with van der Waals surface area (Å²) in [6.45, 7) is 1.42. The summed E-state index contributed by atoms with van der Waals surface area (Å²) < 4.78 is 4.85. The van der Waals surface area contributed by atoms with Gasteiger partial charge in [0, 0.05) is 5.71 Å². The third-order valence-electron chi connectivity index (χ3n) is 2.04. The van der Waals surface area contributed by atoms with Crippen LogP contribution >= 0.6 is 23.2 Å². The second kappa shape index (κ2) is 7.11. The van der Waals surface area contributed by atoms with Gasteiger partial charge in [-0.2, -0.15) is 4.99 Å². The summed E-state index contributed by atoms with van der Waals surface area (Å²) in [6, 6.07) is 4.83. The number of rotatable bonds is 4. The van der Waals surface area contributed by atoms with Gasteiger partial charge in [-0.05, 0) is 24.6 Å². The van der Waals surface area contributed by atoms with Crippen molar-refractivity contribution in [2.75, 3.05) is 0 Å². The molecule has 0 aromatic heterocycles. The van der Waals surface area contributed by atoms with E-state index in [-0.39, 0.29) is 18.7 Å². The molecule has 1 aromatic rings. The van der Waals surface area contributed by atoms with Crippen LogP contribution < -0.4 is 0 Å². The molecule has 102 valence electrons. The minimum atomic E-state index is -1.06. The van der Waals surface area contributed by atoms with Gasteiger partial charge in [0.15, 0.2) is 0 Å². The van der Waals surface area contributed by atoms with Gasteiger partial charge in [-0.3, -0.25) is 4.79 Å². The van der Waals surface area contributed by atoms with Crippen molar-refractivity contribution in [2.24, 2.45) is 4.99 Å². The summed E-state index contributed by atoms with van der Waals surface area (Å²) in [5, 5.41) is 9.27. The van der Waals surface area contributed by atoms with Crippen molar-refractivity contribution in [3.05, 3.63) is 33.8 Å². The van der Waals surface area contributed by atoms with Gasteiger partial charge < -0.3 is 9.84 Å². The highest BCUT2D eigenvalue weighted by molar-refractivity contribution is 6.42. The molecule has 0 aliphatic rings. The van der Waals surface area contributed by atoms with E-state index in [0.717, 1.165) is 0 Å². The predicted molar refractivity (Wildman–Crippen MR) is 72.0 cm³/mol. The maximum Gasteiger partial charge on any atom is 0.433 e. The van der Waals surface area contributed by atoms with E-state index < -0.39 is 12.1 Å². The summed E-state index contributed by atoms with van der Waals surface area (Å²) in [5.41, 5.74) is 0.834. The lowest BCUT2D eigenvalue weighted by molar-refractivity contribution is -0.135. The van der Waals surface area contributed by atoms with Gasteiger partial charge in [-0.15, -0.1) is 0 Å². The number of ether oxygens (including phenoxy) is 1. The van der Waals surface area contributed by atoms with Gasteiger partial charge in [0.25, 0.3) is 0 Å². The van der Waals surface area contributed by atoms with Crippen molar-refractivity contribution in [2.45, 2.75) is 20.0 Å². The standard InChI is InChI=1S/C12H11Cl2NO4/c1-7(4-11(16)17)15-12(18)19-6-8-2-3-9(13)10(14)5-8/h2-3,5H,4,6H2,1H3,(H,16,17). The van der Waals surface area contributed by atoms with Gasteiger partial charge in [0.2, 0.25) is 0 Å². The molecule has 0 radical (unpaired) electrons. The molecule has 0 unspecified atom stereocenters. The van der Waals surface area contributed by atoms with Crippen molar-refractivity contribution >= 4 is 41.0 Å². The number of hydrogen-bond donors (Lipinski definition) is 1. The van der Waals surface area contributed by atoms with Crippen LogP contribution in [0.3, 0.4) is 0 Å². The van der Waals surface area contributed by atoms with Crippen molar-refractivity contribution in [3.8, 4) is 0 Å². The Morgan fingerprint density at radius 1 is 1.32 bits per heavy atom. The Labute approximate surface area is 119 Å². The van der Waals surface area contributed by atoms with Crippen LogP contribution in [0.5, 0.6) is 0 Å². The van der Waals surface area contributed by atoms with Crippen LogP contribution in [-0.4, -0.2) is 22.9 Å². The molecular weight excluding hydrogens is 293 g/mol. The van der Waals surface area contributed by atoms with Gasteiger partial charge >= 0.3 is 12.1 Å². The average molecular weight is 304 g/mol. The number of amides is 1. The number of benzene rings is 1. The lowest BCUT2D eigenvalue weighted by Crippen LogP contribution is -2.07. The number of nitrogens with zero attached hydrogens (tertiary/aromatic N) is 1. The highest BCUT2D eigenvalue weighted by atomic mass is 35.5. The Balaban J connectivity index is 2.54. The first-order valence-electron chi connectivity index (χ1n) is 5.25. The number of carbonyl (C=O) groups excluding carboxylic acids is 1. The summed E-state index contributed by atoms with van der Waals surface area (Å²) in [7, 11) is 0. The Morgan fingerprint density at radius 2 is 2.00 bits per heavy atom. The average Bonchev–Trinajstić information content (AvgIpc) is 2.29. The molecule has 0 saturated heterocycles.